The maximum atomic E-state index is 11.9. The third-order valence-electron chi connectivity index (χ3n) is 3.10. The highest BCUT2D eigenvalue weighted by Gasteiger charge is 2.28. The van der Waals surface area contributed by atoms with Gasteiger partial charge in [-0.15, -0.1) is 0 Å². The molecule has 0 spiro atoms. The molecule has 1 fully saturated rings. The van der Waals surface area contributed by atoms with E-state index in [0.29, 0.717) is 16.7 Å². The molecule has 2 aliphatic rings. The van der Waals surface area contributed by atoms with Crippen LogP contribution in [-0.4, -0.2) is 23.0 Å². The standard InChI is InChI=1S/C12H19OS/c13-12(10-14-8-4-5-9-14)11-6-2-1-3-7-11/h6H,1-5,7-10H2/q+1. The lowest BCUT2D eigenvalue weighted by Crippen LogP contribution is -2.20. The number of carbonyl (C=O) groups is 1. The highest BCUT2D eigenvalue weighted by molar-refractivity contribution is 7.97. The van der Waals surface area contributed by atoms with E-state index in [9.17, 15) is 4.79 Å². The summed E-state index contributed by atoms with van der Waals surface area (Å²) < 4.78 is 0. The largest absolute Gasteiger partial charge is 0.289 e. The van der Waals surface area contributed by atoms with Crippen molar-refractivity contribution in [3.8, 4) is 0 Å². The van der Waals surface area contributed by atoms with E-state index < -0.39 is 0 Å². The fourth-order valence-corrected chi connectivity index (χ4v) is 4.50. The van der Waals surface area contributed by atoms with E-state index in [-0.39, 0.29) is 0 Å². The molecule has 0 aromatic heterocycles. The number of carbonyl (C=O) groups excluding carboxylic acids is 1. The molecular formula is C12H19OS+. The average Bonchev–Trinajstić information content (AvgIpc) is 2.72. The third kappa shape index (κ3) is 2.63. The Morgan fingerprint density at radius 3 is 2.64 bits per heavy atom. The molecule has 1 aliphatic carbocycles. The van der Waals surface area contributed by atoms with Gasteiger partial charge in [0.25, 0.3) is 0 Å². The SMILES string of the molecule is O=C(C[S+]1CCCC1)C1=CCCCC1. The van der Waals surface area contributed by atoms with E-state index in [1.54, 1.807) is 0 Å². The normalized spacial score (nSPS) is 23.6. The van der Waals surface area contributed by atoms with Crippen LogP contribution in [0.15, 0.2) is 11.6 Å². The minimum atomic E-state index is 0.451. The van der Waals surface area contributed by atoms with Crippen LogP contribution in [0.25, 0.3) is 0 Å². The van der Waals surface area contributed by atoms with Crippen LogP contribution in [0.4, 0.5) is 0 Å². The Balaban J connectivity index is 1.84. The first kappa shape index (κ1) is 10.3. The van der Waals surface area contributed by atoms with Gasteiger partial charge in [0.1, 0.15) is 11.5 Å². The van der Waals surface area contributed by atoms with Crippen LogP contribution >= 0.6 is 0 Å². The molecule has 78 valence electrons. The summed E-state index contributed by atoms with van der Waals surface area (Å²) >= 11 is 0. The van der Waals surface area contributed by atoms with E-state index in [4.69, 9.17) is 0 Å². The number of ketones is 1. The Kier molecular flexibility index (Phi) is 3.68. The van der Waals surface area contributed by atoms with Crippen molar-refractivity contribution in [1.82, 2.24) is 0 Å². The summed E-state index contributed by atoms with van der Waals surface area (Å²) in [6.07, 6.45) is 9.59. The summed E-state index contributed by atoms with van der Waals surface area (Å²) in [7, 11) is 0.451. The molecule has 0 unspecified atom stereocenters. The number of allylic oxidation sites excluding steroid dienone is 2. The zero-order chi connectivity index (χ0) is 9.80. The van der Waals surface area contributed by atoms with Crippen LogP contribution in [0.3, 0.4) is 0 Å². The summed E-state index contributed by atoms with van der Waals surface area (Å²) in [5.74, 6) is 3.97. The van der Waals surface area contributed by atoms with E-state index >= 15 is 0 Å². The van der Waals surface area contributed by atoms with Gasteiger partial charge in [-0.05, 0) is 55.0 Å². The van der Waals surface area contributed by atoms with E-state index in [1.165, 1.54) is 37.2 Å². The number of rotatable bonds is 3. The Bertz CT molecular complexity index is 239. The van der Waals surface area contributed by atoms with E-state index in [0.717, 1.165) is 24.2 Å². The van der Waals surface area contributed by atoms with Crippen LogP contribution in [-0.2, 0) is 15.7 Å². The highest BCUT2D eigenvalue weighted by Crippen LogP contribution is 2.21. The van der Waals surface area contributed by atoms with Gasteiger partial charge in [0, 0.05) is 0 Å². The lowest BCUT2D eigenvalue weighted by molar-refractivity contribution is -0.113. The van der Waals surface area contributed by atoms with Gasteiger partial charge >= 0.3 is 0 Å². The van der Waals surface area contributed by atoms with Crippen LogP contribution in [0, 0.1) is 0 Å². The second-order valence-electron chi connectivity index (χ2n) is 4.27. The lowest BCUT2D eigenvalue weighted by Gasteiger charge is -2.10. The Labute approximate surface area is 89.3 Å². The van der Waals surface area contributed by atoms with Crippen molar-refractivity contribution >= 4 is 16.7 Å². The highest BCUT2D eigenvalue weighted by atomic mass is 32.2. The summed E-state index contributed by atoms with van der Waals surface area (Å²) in [5, 5.41) is 0. The Morgan fingerprint density at radius 1 is 1.21 bits per heavy atom. The van der Waals surface area contributed by atoms with E-state index in [1.807, 2.05) is 0 Å². The summed E-state index contributed by atoms with van der Waals surface area (Å²) in [6.45, 7) is 0. The van der Waals surface area contributed by atoms with Crippen LogP contribution in [0.1, 0.15) is 38.5 Å². The molecule has 0 aromatic carbocycles. The van der Waals surface area contributed by atoms with Crippen molar-refractivity contribution in [3.05, 3.63) is 11.6 Å². The first-order valence-corrected chi connectivity index (χ1v) is 7.46. The van der Waals surface area contributed by atoms with Gasteiger partial charge in [0.05, 0.1) is 0 Å². The molecule has 1 saturated heterocycles. The predicted octanol–water partition coefficient (Wildman–Crippen LogP) is 2.47. The number of Topliss-reactive ketones (excluding diaryl/α,β-unsaturated/α-hetero) is 1. The molecule has 0 saturated carbocycles. The maximum absolute atomic E-state index is 11.9. The van der Waals surface area contributed by atoms with Crippen molar-refractivity contribution in [2.24, 2.45) is 0 Å². The maximum Gasteiger partial charge on any atom is 0.207 e. The third-order valence-corrected chi connectivity index (χ3v) is 5.50. The monoisotopic (exact) mass is 211 g/mol. The van der Waals surface area contributed by atoms with Crippen molar-refractivity contribution in [1.29, 1.82) is 0 Å². The second-order valence-corrected chi connectivity index (χ2v) is 6.60. The first-order chi connectivity index (χ1) is 6.86. The van der Waals surface area contributed by atoms with Gasteiger partial charge in [0.2, 0.25) is 5.78 Å². The molecule has 1 nitrogen and oxygen atoms in total. The predicted molar refractivity (Wildman–Crippen MR) is 62.8 cm³/mol. The van der Waals surface area contributed by atoms with Crippen molar-refractivity contribution < 1.29 is 4.79 Å². The van der Waals surface area contributed by atoms with Crippen molar-refractivity contribution in [2.75, 3.05) is 17.3 Å². The van der Waals surface area contributed by atoms with E-state index in [2.05, 4.69) is 6.08 Å². The molecule has 14 heavy (non-hydrogen) atoms. The van der Waals surface area contributed by atoms with Gasteiger partial charge in [-0.25, -0.2) is 0 Å². The molecule has 0 bridgehead atoms. The van der Waals surface area contributed by atoms with Gasteiger partial charge in [-0.2, -0.15) is 0 Å². The summed E-state index contributed by atoms with van der Waals surface area (Å²) in [4.78, 5) is 11.9. The minimum Gasteiger partial charge on any atom is -0.289 e. The molecule has 1 heterocycles. The Morgan fingerprint density at radius 2 is 2.00 bits per heavy atom. The Hall–Kier alpha value is -0.240. The van der Waals surface area contributed by atoms with Crippen LogP contribution in [0.5, 0.6) is 0 Å². The summed E-state index contributed by atoms with van der Waals surface area (Å²) in [6, 6.07) is 0. The molecule has 0 N–H and O–H groups in total. The minimum absolute atomic E-state index is 0.451. The zero-order valence-electron chi connectivity index (χ0n) is 8.76. The molecule has 0 radical (unpaired) electrons. The van der Waals surface area contributed by atoms with Crippen LogP contribution < -0.4 is 0 Å². The van der Waals surface area contributed by atoms with Gasteiger partial charge in [-0.1, -0.05) is 6.08 Å². The molecule has 0 amide bonds. The zero-order valence-corrected chi connectivity index (χ0v) is 9.57. The van der Waals surface area contributed by atoms with Gasteiger partial charge < -0.3 is 0 Å². The molecule has 1 aliphatic heterocycles. The smallest absolute Gasteiger partial charge is 0.207 e. The van der Waals surface area contributed by atoms with Gasteiger partial charge in [0.15, 0.2) is 5.75 Å². The quantitative estimate of drug-likeness (QED) is 0.655. The fraction of sp³-hybridized carbons (Fsp3) is 0.750. The lowest BCUT2D eigenvalue weighted by atomic mass is 9.97. The topological polar surface area (TPSA) is 17.1 Å². The van der Waals surface area contributed by atoms with Crippen molar-refractivity contribution in [2.45, 2.75) is 38.5 Å². The molecule has 0 aromatic rings. The molecule has 2 rings (SSSR count). The summed E-state index contributed by atoms with van der Waals surface area (Å²) in [5.41, 5.74) is 1.15. The second kappa shape index (κ2) is 5.01. The molecule has 0 atom stereocenters. The molecule has 2 heteroatoms. The van der Waals surface area contributed by atoms with Crippen LogP contribution in [0.2, 0.25) is 0 Å². The first-order valence-electron chi connectivity index (χ1n) is 5.72. The van der Waals surface area contributed by atoms with Gasteiger partial charge in [-0.3, -0.25) is 4.79 Å². The molecular weight excluding hydrogens is 192 g/mol. The fourth-order valence-electron chi connectivity index (χ4n) is 2.23. The number of hydrogen-bond donors (Lipinski definition) is 0. The average molecular weight is 211 g/mol. The number of hydrogen-bond acceptors (Lipinski definition) is 1. The van der Waals surface area contributed by atoms with Crippen molar-refractivity contribution in [3.63, 3.8) is 0 Å².